The van der Waals surface area contributed by atoms with E-state index in [1.165, 1.54) is 13.2 Å². The minimum Gasteiger partial charge on any atom is -0.497 e. The third-order valence-electron chi connectivity index (χ3n) is 3.62. The number of rotatable bonds is 6. The minimum absolute atomic E-state index is 0.153. The van der Waals surface area contributed by atoms with Gasteiger partial charge < -0.3 is 14.8 Å². The van der Waals surface area contributed by atoms with E-state index in [0.29, 0.717) is 17.1 Å². The standard InChI is InChI=1S/C19H21NO3/c1-13-6-5-7-14(2)19(13)20-11-10-17(21)16-12-15(22-3)8-9-18(16)23-4/h5-12,20H,1-4H3. The van der Waals surface area contributed by atoms with E-state index in [1.54, 1.807) is 31.5 Å². The lowest BCUT2D eigenvalue weighted by molar-refractivity contribution is 0.104. The molecule has 0 aliphatic heterocycles. The number of methoxy groups -OCH3 is 2. The molecule has 0 amide bonds. The molecule has 0 bridgehead atoms. The number of hydrogen-bond donors (Lipinski definition) is 1. The fourth-order valence-electron chi connectivity index (χ4n) is 2.34. The van der Waals surface area contributed by atoms with Crippen LogP contribution in [0.5, 0.6) is 11.5 Å². The molecule has 4 heteroatoms. The van der Waals surface area contributed by atoms with Crippen LogP contribution < -0.4 is 14.8 Å². The lowest BCUT2D eigenvalue weighted by Crippen LogP contribution is -2.01. The van der Waals surface area contributed by atoms with Crippen LogP contribution in [-0.2, 0) is 0 Å². The molecule has 2 aromatic rings. The number of nitrogens with one attached hydrogen (secondary N) is 1. The molecule has 0 aliphatic rings. The van der Waals surface area contributed by atoms with Crippen LogP contribution in [0.15, 0.2) is 48.7 Å². The Labute approximate surface area is 136 Å². The van der Waals surface area contributed by atoms with Crippen molar-refractivity contribution in [1.29, 1.82) is 0 Å². The summed E-state index contributed by atoms with van der Waals surface area (Å²) in [4.78, 5) is 12.4. The van der Waals surface area contributed by atoms with E-state index in [9.17, 15) is 4.79 Å². The summed E-state index contributed by atoms with van der Waals surface area (Å²) in [6.07, 6.45) is 3.14. The number of aryl methyl sites for hydroxylation is 2. The van der Waals surface area contributed by atoms with Crippen molar-refractivity contribution in [2.45, 2.75) is 13.8 Å². The first-order chi connectivity index (χ1) is 11.1. The first-order valence-electron chi connectivity index (χ1n) is 7.32. The van der Waals surface area contributed by atoms with Crippen molar-refractivity contribution in [3.05, 3.63) is 65.4 Å². The van der Waals surface area contributed by atoms with Crippen molar-refractivity contribution < 1.29 is 14.3 Å². The Bertz CT molecular complexity index is 715. The second kappa shape index (κ2) is 7.49. The Hall–Kier alpha value is -2.75. The highest BCUT2D eigenvalue weighted by molar-refractivity contribution is 6.07. The number of hydrogen-bond acceptors (Lipinski definition) is 4. The zero-order valence-corrected chi connectivity index (χ0v) is 13.8. The van der Waals surface area contributed by atoms with Gasteiger partial charge in [0, 0.05) is 18.0 Å². The van der Waals surface area contributed by atoms with Gasteiger partial charge in [0.15, 0.2) is 5.78 Å². The summed E-state index contributed by atoms with van der Waals surface area (Å²) in [7, 11) is 3.10. The van der Waals surface area contributed by atoms with Gasteiger partial charge in [-0.05, 0) is 43.2 Å². The second-order valence-corrected chi connectivity index (χ2v) is 5.17. The molecule has 0 fully saturated rings. The SMILES string of the molecule is COc1ccc(OC)c(C(=O)C=CNc2c(C)cccc2C)c1. The van der Waals surface area contributed by atoms with Gasteiger partial charge in [0.1, 0.15) is 11.5 Å². The van der Waals surface area contributed by atoms with Crippen molar-refractivity contribution in [3.8, 4) is 11.5 Å². The molecule has 2 rings (SSSR count). The van der Waals surface area contributed by atoms with Crippen molar-refractivity contribution in [1.82, 2.24) is 0 Å². The predicted molar refractivity (Wildman–Crippen MR) is 92.6 cm³/mol. The van der Waals surface area contributed by atoms with Crippen LogP contribution in [0.2, 0.25) is 0 Å². The lowest BCUT2D eigenvalue weighted by Gasteiger charge is -2.09. The number of ether oxygens (including phenoxy) is 2. The number of ketones is 1. The average Bonchev–Trinajstić information content (AvgIpc) is 2.56. The summed E-state index contributed by atoms with van der Waals surface area (Å²) in [6.45, 7) is 4.05. The van der Waals surface area contributed by atoms with Crippen molar-refractivity contribution in [3.63, 3.8) is 0 Å². The van der Waals surface area contributed by atoms with E-state index >= 15 is 0 Å². The molecule has 4 nitrogen and oxygen atoms in total. The molecule has 2 aromatic carbocycles. The zero-order valence-electron chi connectivity index (χ0n) is 13.8. The summed E-state index contributed by atoms with van der Waals surface area (Å²) in [5, 5.41) is 3.17. The lowest BCUT2D eigenvalue weighted by atomic mass is 10.1. The molecule has 0 saturated carbocycles. The van der Waals surface area contributed by atoms with Crippen molar-refractivity contribution in [2.24, 2.45) is 0 Å². The molecule has 0 aromatic heterocycles. The molecule has 1 N–H and O–H groups in total. The zero-order chi connectivity index (χ0) is 16.8. The summed E-state index contributed by atoms with van der Waals surface area (Å²) in [6, 6.07) is 11.2. The summed E-state index contributed by atoms with van der Waals surface area (Å²) in [5.41, 5.74) is 3.72. The Morgan fingerprint density at radius 3 is 2.35 bits per heavy atom. The molecule has 0 atom stereocenters. The first-order valence-corrected chi connectivity index (χ1v) is 7.32. The van der Waals surface area contributed by atoms with Gasteiger partial charge in [0.05, 0.1) is 19.8 Å². The maximum atomic E-state index is 12.4. The van der Waals surface area contributed by atoms with E-state index in [0.717, 1.165) is 16.8 Å². The van der Waals surface area contributed by atoms with Crippen LogP contribution in [0.4, 0.5) is 5.69 Å². The highest BCUT2D eigenvalue weighted by Crippen LogP contribution is 2.25. The molecular formula is C19H21NO3. The van der Waals surface area contributed by atoms with Gasteiger partial charge in [-0.25, -0.2) is 0 Å². The van der Waals surface area contributed by atoms with Gasteiger partial charge in [0.25, 0.3) is 0 Å². The van der Waals surface area contributed by atoms with E-state index in [2.05, 4.69) is 5.32 Å². The van der Waals surface area contributed by atoms with Gasteiger partial charge in [-0.15, -0.1) is 0 Å². The monoisotopic (exact) mass is 311 g/mol. The largest absolute Gasteiger partial charge is 0.497 e. The second-order valence-electron chi connectivity index (χ2n) is 5.17. The third kappa shape index (κ3) is 3.92. The predicted octanol–water partition coefficient (Wildman–Crippen LogP) is 4.13. The van der Waals surface area contributed by atoms with Gasteiger partial charge in [-0.3, -0.25) is 4.79 Å². The molecule has 120 valence electrons. The number of para-hydroxylation sites is 1. The maximum Gasteiger partial charge on any atom is 0.191 e. The van der Waals surface area contributed by atoms with E-state index in [-0.39, 0.29) is 5.78 Å². The van der Waals surface area contributed by atoms with E-state index < -0.39 is 0 Å². The van der Waals surface area contributed by atoms with Gasteiger partial charge in [0.2, 0.25) is 0 Å². The fourth-order valence-corrected chi connectivity index (χ4v) is 2.34. The van der Waals surface area contributed by atoms with Crippen LogP contribution in [-0.4, -0.2) is 20.0 Å². The van der Waals surface area contributed by atoms with Gasteiger partial charge >= 0.3 is 0 Å². The van der Waals surface area contributed by atoms with Crippen LogP contribution in [0.3, 0.4) is 0 Å². The van der Waals surface area contributed by atoms with Crippen LogP contribution in [0, 0.1) is 13.8 Å². The molecule has 0 radical (unpaired) electrons. The molecular weight excluding hydrogens is 290 g/mol. The topological polar surface area (TPSA) is 47.6 Å². The number of carbonyl (C=O) groups excluding carboxylic acids is 1. The molecule has 0 aliphatic carbocycles. The number of anilines is 1. The highest BCUT2D eigenvalue weighted by atomic mass is 16.5. The first kappa shape index (κ1) is 16.6. The van der Waals surface area contributed by atoms with E-state index in [4.69, 9.17) is 9.47 Å². The number of benzene rings is 2. The Morgan fingerprint density at radius 2 is 1.74 bits per heavy atom. The number of allylic oxidation sites excluding steroid dienone is 1. The summed E-state index contributed by atoms with van der Waals surface area (Å²) < 4.78 is 10.4. The number of carbonyl (C=O) groups is 1. The molecule has 0 saturated heterocycles. The minimum atomic E-state index is -0.153. The summed E-state index contributed by atoms with van der Waals surface area (Å²) >= 11 is 0. The molecule has 0 heterocycles. The molecule has 23 heavy (non-hydrogen) atoms. The highest BCUT2D eigenvalue weighted by Gasteiger charge is 2.11. The third-order valence-corrected chi connectivity index (χ3v) is 3.62. The molecule has 0 spiro atoms. The Balaban J connectivity index is 2.19. The average molecular weight is 311 g/mol. The fraction of sp³-hybridized carbons (Fsp3) is 0.211. The van der Waals surface area contributed by atoms with Crippen molar-refractivity contribution in [2.75, 3.05) is 19.5 Å². The smallest absolute Gasteiger partial charge is 0.191 e. The Kier molecular flexibility index (Phi) is 5.41. The maximum absolute atomic E-state index is 12.4. The normalized spacial score (nSPS) is 10.6. The Morgan fingerprint density at radius 1 is 1.04 bits per heavy atom. The van der Waals surface area contributed by atoms with Gasteiger partial charge in [-0.1, -0.05) is 18.2 Å². The quantitative estimate of drug-likeness (QED) is 0.643. The summed E-state index contributed by atoms with van der Waals surface area (Å²) in [5.74, 6) is 0.984. The van der Waals surface area contributed by atoms with Crippen molar-refractivity contribution >= 4 is 11.5 Å². The van der Waals surface area contributed by atoms with Crippen LogP contribution in [0.1, 0.15) is 21.5 Å². The van der Waals surface area contributed by atoms with Gasteiger partial charge in [-0.2, -0.15) is 0 Å². The van der Waals surface area contributed by atoms with Crippen LogP contribution >= 0.6 is 0 Å². The van der Waals surface area contributed by atoms with Crippen LogP contribution in [0.25, 0.3) is 0 Å². The van der Waals surface area contributed by atoms with E-state index in [1.807, 2.05) is 32.0 Å². The molecule has 0 unspecified atom stereocenters.